The Hall–Kier alpha value is -1.87. The van der Waals surface area contributed by atoms with Crippen molar-refractivity contribution < 1.29 is 18.7 Å². The molecular formula is C15H16FNO3. The summed E-state index contributed by atoms with van der Waals surface area (Å²) in [6.07, 6.45) is 5.17. The number of nitrogens with zero attached hydrogens (tertiary/aromatic N) is 1. The van der Waals surface area contributed by atoms with Crippen LogP contribution in [0, 0.1) is 0 Å². The molecule has 0 saturated heterocycles. The fraction of sp³-hybridized carbons (Fsp3) is 0.533. The Bertz CT molecular complexity index is 560. The predicted octanol–water partition coefficient (Wildman–Crippen LogP) is 3.03. The maximum atomic E-state index is 13.1. The number of halogens is 1. The molecule has 0 unspecified atom stereocenters. The van der Waals surface area contributed by atoms with Crippen LogP contribution in [0.15, 0.2) is 17.1 Å². The minimum Gasteiger partial charge on any atom is -0.486 e. The highest BCUT2D eigenvalue weighted by atomic mass is 19.1. The summed E-state index contributed by atoms with van der Waals surface area (Å²) < 4.78 is 24.3. The molecule has 0 atom stereocenters. The number of isocyanates is 1. The quantitative estimate of drug-likeness (QED) is 0.630. The first-order valence-corrected chi connectivity index (χ1v) is 6.87. The lowest BCUT2D eigenvalue weighted by Crippen LogP contribution is -2.24. The van der Waals surface area contributed by atoms with Gasteiger partial charge in [-0.2, -0.15) is 4.99 Å². The van der Waals surface area contributed by atoms with E-state index < -0.39 is 12.2 Å². The molecule has 20 heavy (non-hydrogen) atoms. The summed E-state index contributed by atoms with van der Waals surface area (Å²) in [5, 5.41) is 0. The van der Waals surface area contributed by atoms with Crippen molar-refractivity contribution in [3.05, 3.63) is 23.3 Å². The van der Waals surface area contributed by atoms with E-state index in [1.807, 2.05) is 0 Å². The number of hydrogen-bond donors (Lipinski definition) is 0. The maximum absolute atomic E-state index is 13.1. The fourth-order valence-electron chi connectivity index (χ4n) is 3.12. The summed E-state index contributed by atoms with van der Waals surface area (Å²) in [6, 6.07) is 3.41. The molecule has 1 saturated carbocycles. The molecule has 0 bridgehead atoms. The third-order valence-electron chi connectivity index (χ3n) is 4.05. The van der Waals surface area contributed by atoms with Crippen LogP contribution in [-0.2, 0) is 17.0 Å². The van der Waals surface area contributed by atoms with Gasteiger partial charge >= 0.3 is 0 Å². The monoisotopic (exact) mass is 277 g/mol. The van der Waals surface area contributed by atoms with Crippen molar-refractivity contribution in [1.82, 2.24) is 0 Å². The van der Waals surface area contributed by atoms with E-state index in [0.29, 0.717) is 30.3 Å². The molecule has 106 valence electrons. The van der Waals surface area contributed by atoms with Crippen molar-refractivity contribution >= 4 is 6.08 Å². The van der Waals surface area contributed by atoms with Crippen LogP contribution in [0.25, 0.3) is 0 Å². The summed E-state index contributed by atoms with van der Waals surface area (Å²) in [6.45, 7) is 0.326. The zero-order valence-electron chi connectivity index (χ0n) is 11.2. The van der Waals surface area contributed by atoms with Gasteiger partial charge in [0.1, 0.15) is 25.4 Å². The van der Waals surface area contributed by atoms with Crippen LogP contribution >= 0.6 is 0 Å². The number of hydrogen-bond acceptors (Lipinski definition) is 4. The Morgan fingerprint density at radius 2 is 2.00 bits per heavy atom. The Morgan fingerprint density at radius 3 is 2.70 bits per heavy atom. The molecule has 1 aliphatic heterocycles. The minimum atomic E-state index is -0.627. The second-order valence-electron chi connectivity index (χ2n) is 5.24. The van der Waals surface area contributed by atoms with Crippen LogP contribution in [0.1, 0.15) is 36.8 Å². The fourth-order valence-corrected chi connectivity index (χ4v) is 3.12. The number of alkyl halides is 1. The van der Waals surface area contributed by atoms with Crippen molar-refractivity contribution in [3.63, 3.8) is 0 Å². The van der Waals surface area contributed by atoms with Gasteiger partial charge in [-0.05, 0) is 30.5 Å². The van der Waals surface area contributed by atoms with Crippen LogP contribution in [0.5, 0.6) is 11.5 Å². The average molecular weight is 277 g/mol. The molecule has 0 radical (unpaired) electrons. The van der Waals surface area contributed by atoms with Gasteiger partial charge in [-0.3, -0.25) is 0 Å². The molecule has 0 spiro atoms. The van der Waals surface area contributed by atoms with Crippen molar-refractivity contribution in [2.45, 2.75) is 37.9 Å². The number of aliphatic imine (C=N–C) groups is 1. The van der Waals surface area contributed by atoms with Crippen molar-refractivity contribution in [3.8, 4) is 11.5 Å². The first-order chi connectivity index (χ1) is 9.79. The highest BCUT2D eigenvalue weighted by Crippen LogP contribution is 2.49. The van der Waals surface area contributed by atoms with Gasteiger partial charge in [-0.15, -0.1) is 0 Å². The van der Waals surface area contributed by atoms with Gasteiger partial charge in [0, 0.05) is 5.56 Å². The molecule has 3 rings (SSSR count). The minimum absolute atomic E-state index is 0.451. The molecule has 1 aromatic rings. The van der Waals surface area contributed by atoms with Gasteiger partial charge in [0.2, 0.25) is 6.08 Å². The summed E-state index contributed by atoms with van der Waals surface area (Å²) in [5.41, 5.74) is 0.664. The van der Waals surface area contributed by atoms with Crippen LogP contribution in [0.3, 0.4) is 0 Å². The van der Waals surface area contributed by atoms with E-state index in [4.69, 9.17) is 9.47 Å². The first kappa shape index (κ1) is 13.1. The standard InChI is InChI=1S/C15H16FNO3/c16-9-11-7-12(14-13(8-11)19-5-6-20-14)15(17-10-18)3-1-2-4-15/h7-8H,1-6,9H2. The number of fused-ring (bicyclic) bond motifs is 1. The van der Waals surface area contributed by atoms with E-state index in [1.165, 1.54) is 0 Å². The molecule has 0 aromatic heterocycles. The Kier molecular flexibility index (Phi) is 3.45. The van der Waals surface area contributed by atoms with Crippen LogP contribution < -0.4 is 9.47 Å². The van der Waals surface area contributed by atoms with Crippen LogP contribution in [0.2, 0.25) is 0 Å². The topological polar surface area (TPSA) is 47.9 Å². The molecule has 1 fully saturated rings. The van der Waals surface area contributed by atoms with E-state index in [9.17, 15) is 9.18 Å². The molecule has 2 aliphatic rings. The van der Waals surface area contributed by atoms with Gasteiger partial charge in [-0.25, -0.2) is 9.18 Å². The Morgan fingerprint density at radius 1 is 1.25 bits per heavy atom. The SMILES string of the molecule is O=C=NC1(c2cc(CF)cc3c2OCCO3)CCCC1. The number of benzene rings is 1. The van der Waals surface area contributed by atoms with Crippen LogP contribution in [-0.4, -0.2) is 19.3 Å². The lowest BCUT2D eigenvalue weighted by molar-refractivity contribution is 0.166. The van der Waals surface area contributed by atoms with Crippen molar-refractivity contribution in [2.75, 3.05) is 13.2 Å². The molecule has 1 aliphatic carbocycles. The van der Waals surface area contributed by atoms with Gasteiger partial charge < -0.3 is 9.47 Å². The van der Waals surface area contributed by atoms with Crippen LogP contribution in [0.4, 0.5) is 4.39 Å². The third kappa shape index (κ3) is 2.08. The zero-order valence-corrected chi connectivity index (χ0v) is 11.2. The summed E-state index contributed by atoms with van der Waals surface area (Å²) in [5.74, 6) is 1.16. The molecule has 1 heterocycles. The molecule has 0 N–H and O–H groups in total. The highest BCUT2D eigenvalue weighted by Gasteiger charge is 2.40. The highest BCUT2D eigenvalue weighted by molar-refractivity contribution is 5.54. The Balaban J connectivity index is 2.17. The molecular weight excluding hydrogens is 261 g/mol. The smallest absolute Gasteiger partial charge is 0.235 e. The van der Waals surface area contributed by atoms with Gasteiger partial charge in [0.05, 0.1) is 0 Å². The summed E-state index contributed by atoms with van der Waals surface area (Å²) in [7, 11) is 0. The largest absolute Gasteiger partial charge is 0.486 e. The number of carbonyl (C=O) groups excluding carboxylic acids is 1. The third-order valence-corrected chi connectivity index (χ3v) is 4.05. The second kappa shape index (κ2) is 5.25. The predicted molar refractivity (Wildman–Crippen MR) is 70.5 cm³/mol. The average Bonchev–Trinajstić information content (AvgIpc) is 2.96. The normalized spacial score (nSPS) is 19.4. The summed E-state index contributed by atoms with van der Waals surface area (Å²) in [4.78, 5) is 14.9. The zero-order chi connectivity index (χ0) is 14.0. The van der Waals surface area contributed by atoms with Gasteiger partial charge in [0.15, 0.2) is 11.5 Å². The van der Waals surface area contributed by atoms with E-state index >= 15 is 0 Å². The maximum Gasteiger partial charge on any atom is 0.235 e. The van der Waals surface area contributed by atoms with E-state index in [0.717, 1.165) is 31.2 Å². The van der Waals surface area contributed by atoms with E-state index in [2.05, 4.69) is 4.99 Å². The van der Waals surface area contributed by atoms with E-state index in [-0.39, 0.29) is 0 Å². The van der Waals surface area contributed by atoms with Gasteiger partial charge in [0.25, 0.3) is 0 Å². The molecule has 1 aromatic carbocycles. The van der Waals surface area contributed by atoms with E-state index in [1.54, 1.807) is 18.2 Å². The first-order valence-electron chi connectivity index (χ1n) is 6.87. The van der Waals surface area contributed by atoms with Gasteiger partial charge in [-0.1, -0.05) is 12.8 Å². The lowest BCUT2D eigenvalue weighted by Gasteiger charge is -2.29. The lowest BCUT2D eigenvalue weighted by atomic mass is 9.86. The summed E-state index contributed by atoms with van der Waals surface area (Å²) >= 11 is 0. The molecule has 0 amide bonds. The molecule has 4 nitrogen and oxygen atoms in total. The number of ether oxygens (including phenoxy) is 2. The number of rotatable bonds is 3. The van der Waals surface area contributed by atoms with Crippen molar-refractivity contribution in [2.24, 2.45) is 4.99 Å². The second-order valence-corrected chi connectivity index (χ2v) is 5.24. The Labute approximate surface area is 116 Å². The molecule has 5 heteroatoms. The van der Waals surface area contributed by atoms with Crippen molar-refractivity contribution in [1.29, 1.82) is 0 Å².